The van der Waals surface area contributed by atoms with E-state index in [1.807, 2.05) is 54.6 Å². The van der Waals surface area contributed by atoms with Crippen molar-refractivity contribution in [1.29, 1.82) is 0 Å². The third-order valence-electron chi connectivity index (χ3n) is 5.35. The zero-order chi connectivity index (χ0) is 21.5. The zero-order valence-corrected chi connectivity index (χ0v) is 18.1. The molecule has 31 heavy (non-hydrogen) atoms. The van der Waals surface area contributed by atoms with Gasteiger partial charge in [-0.25, -0.2) is 0 Å². The molecular formula is C25H25ClN4O. The fraction of sp³-hybridized carbons (Fsp3) is 0.240. The number of amides is 1. The lowest BCUT2D eigenvalue weighted by atomic mass is 10.1. The molecule has 3 aromatic rings. The summed E-state index contributed by atoms with van der Waals surface area (Å²) in [6, 6.07) is 19.0. The Morgan fingerprint density at radius 1 is 0.903 bits per heavy atom. The van der Waals surface area contributed by atoms with Gasteiger partial charge in [0.25, 0.3) is 0 Å². The molecule has 0 radical (unpaired) electrons. The molecule has 0 unspecified atom stereocenters. The number of nitrogens with one attached hydrogen (secondary N) is 1. The number of hydrogen-bond donors (Lipinski definition) is 1. The van der Waals surface area contributed by atoms with Crippen molar-refractivity contribution < 1.29 is 4.79 Å². The van der Waals surface area contributed by atoms with Crippen molar-refractivity contribution in [2.45, 2.75) is 25.7 Å². The van der Waals surface area contributed by atoms with Crippen LogP contribution in [0.2, 0.25) is 5.02 Å². The first-order valence-corrected chi connectivity index (χ1v) is 11.0. The average Bonchev–Trinajstić information content (AvgIpc) is 3.09. The van der Waals surface area contributed by atoms with Crippen LogP contribution in [-0.4, -0.2) is 29.2 Å². The van der Waals surface area contributed by atoms with E-state index in [2.05, 4.69) is 20.4 Å². The topological polar surface area (TPSA) is 58.1 Å². The number of benzene rings is 2. The lowest BCUT2D eigenvalue weighted by Crippen LogP contribution is -2.25. The molecule has 1 aliphatic rings. The molecule has 1 aliphatic heterocycles. The van der Waals surface area contributed by atoms with Gasteiger partial charge in [0.05, 0.1) is 5.69 Å². The minimum absolute atomic E-state index is 0.214. The van der Waals surface area contributed by atoms with Gasteiger partial charge in [-0.1, -0.05) is 54.8 Å². The van der Waals surface area contributed by atoms with Crippen LogP contribution in [0.1, 0.15) is 31.2 Å². The Bertz CT molecular complexity index is 1040. The number of anilines is 2. The zero-order valence-electron chi connectivity index (χ0n) is 17.3. The molecule has 1 fully saturated rings. The summed E-state index contributed by atoms with van der Waals surface area (Å²) in [6.45, 7) is 2.10. The van der Waals surface area contributed by atoms with Crippen LogP contribution in [0, 0.1) is 0 Å². The van der Waals surface area contributed by atoms with Gasteiger partial charge in [0.15, 0.2) is 5.82 Å². The molecule has 158 valence electrons. The lowest BCUT2D eigenvalue weighted by molar-refractivity contribution is -0.111. The molecule has 2 heterocycles. The van der Waals surface area contributed by atoms with E-state index in [1.54, 1.807) is 12.1 Å². The minimum atomic E-state index is -0.214. The first kappa shape index (κ1) is 21.1. The van der Waals surface area contributed by atoms with Crippen molar-refractivity contribution in [3.05, 3.63) is 77.3 Å². The second-order valence-electron chi connectivity index (χ2n) is 7.60. The summed E-state index contributed by atoms with van der Waals surface area (Å²) in [7, 11) is 0. The maximum atomic E-state index is 12.2. The van der Waals surface area contributed by atoms with Crippen molar-refractivity contribution in [1.82, 2.24) is 10.2 Å². The van der Waals surface area contributed by atoms with Crippen molar-refractivity contribution >= 4 is 35.1 Å². The molecule has 1 saturated heterocycles. The molecule has 0 atom stereocenters. The molecule has 0 bridgehead atoms. The molecule has 4 rings (SSSR count). The Morgan fingerprint density at radius 3 is 2.32 bits per heavy atom. The number of carbonyl (C=O) groups excluding carboxylic acids is 1. The predicted molar refractivity (Wildman–Crippen MR) is 127 cm³/mol. The smallest absolute Gasteiger partial charge is 0.248 e. The summed E-state index contributed by atoms with van der Waals surface area (Å²) in [6.07, 6.45) is 8.19. The fourth-order valence-electron chi connectivity index (χ4n) is 3.63. The average molecular weight is 433 g/mol. The molecule has 5 nitrogen and oxygen atoms in total. The molecule has 1 aromatic heterocycles. The van der Waals surface area contributed by atoms with Crippen molar-refractivity contribution in [2.24, 2.45) is 0 Å². The lowest BCUT2D eigenvalue weighted by Gasteiger charge is -2.20. The van der Waals surface area contributed by atoms with Gasteiger partial charge in [-0.05, 0) is 54.8 Å². The molecule has 1 amide bonds. The van der Waals surface area contributed by atoms with Gasteiger partial charge in [0.1, 0.15) is 0 Å². The highest BCUT2D eigenvalue weighted by molar-refractivity contribution is 6.32. The maximum Gasteiger partial charge on any atom is 0.248 e. The molecule has 0 spiro atoms. The van der Waals surface area contributed by atoms with E-state index < -0.39 is 0 Å². The van der Waals surface area contributed by atoms with E-state index in [1.165, 1.54) is 31.8 Å². The number of aromatic nitrogens is 2. The maximum absolute atomic E-state index is 12.2. The highest BCUT2D eigenvalue weighted by atomic mass is 35.5. The van der Waals surface area contributed by atoms with Gasteiger partial charge in [0.2, 0.25) is 5.91 Å². The predicted octanol–water partition coefficient (Wildman–Crippen LogP) is 5.83. The van der Waals surface area contributed by atoms with Crippen molar-refractivity contribution in [3.63, 3.8) is 0 Å². The van der Waals surface area contributed by atoms with Gasteiger partial charge in [0, 0.05) is 35.4 Å². The third kappa shape index (κ3) is 5.70. The summed E-state index contributed by atoms with van der Waals surface area (Å²) >= 11 is 6.11. The number of halogens is 1. The fourth-order valence-corrected chi connectivity index (χ4v) is 3.83. The van der Waals surface area contributed by atoms with E-state index in [0.29, 0.717) is 10.7 Å². The first-order chi connectivity index (χ1) is 15.2. The molecule has 6 heteroatoms. The molecule has 0 saturated carbocycles. The van der Waals surface area contributed by atoms with Gasteiger partial charge in [-0.2, -0.15) is 0 Å². The number of carbonyl (C=O) groups is 1. The van der Waals surface area contributed by atoms with Crippen LogP contribution in [0.4, 0.5) is 11.5 Å². The quantitative estimate of drug-likeness (QED) is 0.515. The number of nitrogens with zero attached hydrogens (tertiary/aromatic N) is 3. The van der Waals surface area contributed by atoms with E-state index >= 15 is 0 Å². The van der Waals surface area contributed by atoms with E-state index in [-0.39, 0.29) is 5.91 Å². The van der Waals surface area contributed by atoms with Crippen LogP contribution >= 0.6 is 11.6 Å². The standard InChI is InChI=1S/C25H25ClN4O/c26-22-8-4-3-7-19(22)11-16-25(31)27-21-12-9-20(10-13-21)23-14-15-24(29-28-23)30-17-5-1-2-6-18-30/h3-4,7-16H,1-2,5-6,17-18H2,(H,27,31)/b16-11+. The second-order valence-corrected chi connectivity index (χ2v) is 8.01. The highest BCUT2D eigenvalue weighted by Crippen LogP contribution is 2.22. The monoisotopic (exact) mass is 432 g/mol. The summed E-state index contributed by atoms with van der Waals surface area (Å²) in [5.41, 5.74) is 3.29. The summed E-state index contributed by atoms with van der Waals surface area (Å²) in [5, 5.41) is 12.3. The van der Waals surface area contributed by atoms with Crippen LogP contribution in [0.3, 0.4) is 0 Å². The van der Waals surface area contributed by atoms with Crippen LogP contribution in [0.15, 0.2) is 66.7 Å². The number of rotatable bonds is 5. The Labute approximate surface area is 187 Å². The highest BCUT2D eigenvalue weighted by Gasteiger charge is 2.12. The van der Waals surface area contributed by atoms with Crippen LogP contribution in [0.25, 0.3) is 17.3 Å². The minimum Gasteiger partial charge on any atom is -0.355 e. The third-order valence-corrected chi connectivity index (χ3v) is 5.69. The number of hydrogen-bond acceptors (Lipinski definition) is 4. The van der Waals surface area contributed by atoms with Crippen molar-refractivity contribution in [3.8, 4) is 11.3 Å². The van der Waals surface area contributed by atoms with Crippen LogP contribution in [-0.2, 0) is 4.79 Å². The van der Waals surface area contributed by atoms with E-state index in [9.17, 15) is 4.79 Å². The normalized spacial score (nSPS) is 14.4. The van der Waals surface area contributed by atoms with Crippen LogP contribution < -0.4 is 10.2 Å². The summed E-state index contributed by atoms with van der Waals surface area (Å²) < 4.78 is 0. The van der Waals surface area contributed by atoms with Crippen molar-refractivity contribution in [2.75, 3.05) is 23.3 Å². The van der Waals surface area contributed by atoms with Gasteiger partial charge in [-0.15, -0.1) is 10.2 Å². The summed E-state index contributed by atoms with van der Waals surface area (Å²) in [5.74, 6) is 0.731. The Hall–Kier alpha value is -3.18. The first-order valence-electron chi connectivity index (χ1n) is 10.6. The second kappa shape index (κ2) is 10.2. The van der Waals surface area contributed by atoms with E-state index in [0.717, 1.165) is 35.7 Å². The molecule has 2 aromatic carbocycles. The van der Waals surface area contributed by atoms with E-state index in [4.69, 9.17) is 11.6 Å². The van der Waals surface area contributed by atoms with Gasteiger partial charge >= 0.3 is 0 Å². The SMILES string of the molecule is O=C(/C=C/c1ccccc1Cl)Nc1ccc(-c2ccc(N3CCCCCC3)nn2)cc1. The van der Waals surface area contributed by atoms with Crippen LogP contribution in [0.5, 0.6) is 0 Å². The summed E-state index contributed by atoms with van der Waals surface area (Å²) in [4.78, 5) is 14.5. The Kier molecular flexibility index (Phi) is 6.95. The molecule has 0 aliphatic carbocycles. The molecular weight excluding hydrogens is 408 g/mol. The largest absolute Gasteiger partial charge is 0.355 e. The Balaban J connectivity index is 1.37. The molecule has 1 N–H and O–H groups in total. The van der Waals surface area contributed by atoms with Gasteiger partial charge in [-0.3, -0.25) is 4.79 Å². The Morgan fingerprint density at radius 2 is 1.65 bits per heavy atom. The van der Waals surface area contributed by atoms with Gasteiger partial charge < -0.3 is 10.2 Å².